The van der Waals surface area contributed by atoms with E-state index in [1.54, 1.807) is 27.2 Å². The van der Waals surface area contributed by atoms with Gasteiger partial charge in [-0.1, -0.05) is 5.16 Å². The Morgan fingerprint density at radius 2 is 2.04 bits per heavy atom. The molecule has 0 aliphatic carbocycles. The second kappa shape index (κ2) is 7.17. The molecule has 1 amide bonds. The highest BCUT2D eigenvalue weighted by Crippen LogP contribution is 2.29. The molecule has 6 nitrogen and oxygen atoms in total. The van der Waals surface area contributed by atoms with E-state index < -0.39 is 0 Å². The molecule has 0 spiro atoms. The van der Waals surface area contributed by atoms with Crippen LogP contribution < -0.4 is 14.8 Å². The van der Waals surface area contributed by atoms with Gasteiger partial charge in [0.2, 0.25) is 5.91 Å². The van der Waals surface area contributed by atoms with Crippen LogP contribution in [0.1, 0.15) is 35.5 Å². The van der Waals surface area contributed by atoms with Gasteiger partial charge >= 0.3 is 0 Å². The molecule has 1 atom stereocenters. The summed E-state index contributed by atoms with van der Waals surface area (Å²) in [5, 5.41) is 6.84. The number of carbonyl (C=O) groups excluding carboxylic acids is 1. The molecular weight excluding hydrogens is 296 g/mol. The summed E-state index contributed by atoms with van der Waals surface area (Å²) in [6, 6.07) is 5.34. The van der Waals surface area contributed by atoms with Crippen molar-refractivity contribution in [3.63, 3.8) is 0 Å². The maximum atomic E-state index is 12.3. The van der Waals surface area contributed by atoms with Crippen molar-refractivity contribution in [2.75, 3.05) is 14.2 Å². The minimum atomic E-state index is -0.191. The fourth-order valence-corrected chi connectivity index (χ4v) is 2.46. The standard InChI is InChI=1S/C17H22N2O4/c1-10(14-7-6-13(21-4)8-16(14)22-5)18-17(20)9-15-11(2)19-23-12(15)3/h6-8,10H,9H2,1-5H3,(H,18,20)/t10-/m1/s1. The van der Waals surface area contributed by atoms with Crippen LogP contribution in [0, 0.1) is 13.8 Å². The van der Waals surface area contributed by atoms with Crippen molar-refractivity contribution < 1.29 is 18.8 Å². The molecule has 1 aromatic carbocycles. The van der Waals surface area contributed by atoms with Crippen LogP contribution in [0.5, 0.6) is 11.5 Å². The van der Waals surface area contributed by atoms with Crippen LogP contribution in [0.15, 0.2) is 22.7 Å². The van der Waals surface area contributed by atoms with Gasteiger partial charge in [-0.3, -0.25) is 4.79 Å². The quantitative estimate of drug-likeness (QED) is 0.886. The van der Waals surface area contributed by atoms with Gasteiger partial charge < -0.3 is 19.3 Å². The Balaban J connectivity index is 2.09. The normalized spacial score (nSPS) is 11.9. The van der Waals surface area contributed by atoms with Crippen molar-refractivity contribution in [3.8, 4) is 11.5 Å². The van der Waals surface area contributed by atoms with Crippen LogP contribution in [0.3, 0.4) is 0 Å². The molecule has 0 radical (unpaired) electrons. The number of hydrogen-bond donors (Lipinski definition) is 1. The molecule has 1 heterocycles. The fourth-order valence-electron chi connectivity index (χ4n) is 2.46. The number of carbonyl (C=O) groups is 1. The maximum Gasteiger partial charge on any atom is 0.225 e. The second-order valence-electron chi connectivity index (χ2n) is 5.38. The lowest BCUT2D eigenvalue weighted by Gasteiger charge is -2.18. The van der Waals surface area contributed by atoms with Crippen molar-refractivity contribution >= 4 is 5.91 Å². The lowest BCUT2D eigenvalue weighted by molar-refractivity contribution is -0.121. The number of nitrogens with one attached hydrogen (secondary N) is 1. The molecule has 0 bridgehead atoms. The first-order chi connectivity index (χ1) is 11.0. The number of nitrogens with zero attached hydrogens (tertiary/aromatic N) is 1. The fraction of sp³-hybridized carbons (Fsp3) is 0.412. The number of aryl methyl sites for hydroxylation is 2. The highest BCUT2D eigenvalue weighted by atomic mass is 16.5. The van der Waals surface area contributed by atoms with Crippen LogP contribution in [0.4, 0.5) is 0 Å². The lowest BCUT2D eigenvalue weighted by atomic mass is 10.1. The number of benzene rings is 1. The zero-order chi connectivity index (χ0) is 17.0. The van der Waals surface area contributed by atoms with Crippen LogP contribution in [-0.4, -0.2) is 25.3 Å². The van der Waals surface area contributed by atoms with E-state index in [0.29, 0.717) is 17.3 Å². The Morgan fingerprint density at radius 3 is 2.61 bits per heavy atom. The predicted octanol–water partition coefficient (Wildman–Crippen LogP) is 2.73. The van der Waals surface area contributed by atoms with E-state index in [0.717, 1.165) is 16.8 Å². The predicted molar refractivity (Wildman–Crippen MR) is 85.8 cm³/mol. The lowest BCUT2D eigenvalue weighted by Crippen LogP contribution is -2.28. The highest BCUT2D eigenvalue weighted by molar-refractivity contribution is 5.79. The number of hydrogen-bond acceptors (Lipinski definition) is 5. The monoisotopic (exact) mass is 318 g/mol. The molecular formula is C17H22N2O4. The Hall–Kier alpha value is -2.50. The smallest absolute Gasteiger partial charge is 0.225 e. The average molecular weight is 318 g/mol. The van der Waals surface area contributed by atoms with E-state index in [2.05, 4.69) is 10.5 Å². The maximum absolute atomic E-state index is 12.3. The molecule has 0 unspecified atom stereocenters. The van der Waals surface area contributed by atoms with E-state index in [1.807, 2.05) is 26.0 Å². The summed E-state index contributed by atoms with van der Waals surface area (Å²) in [6.07, 6.45) is 0.240. The number of amides is 1. The number of rotatable bonds is 6. The summed E-state index contributed by atoms with van der Waals surface area (Å²) in [5.74, 6) is 1.96. The third kappa shape index (κ3) is 3.83. The van der Waals surface area contributed by atoms with Gasteiger partial charge in [0.15, 0.2) is 0 Å². The van der Waals surface area contributed by atoms with Crippen LogP contribution in [0.2, 0.25) is 0 Å². The van der Waals surface area contributed by atoms with Gasteiger partial charge in [-0.2, -0.15) is 0 Å². The SMILES string of the molecule is COc1ccc([C@@H](C)NC(=O)Cc2c(C)noc2C)c(OC)c1. The summed E-state index contributed by atoms with van der Waals surface area (Å²) >= 11 is 0. The molecule has 124 valence electrons. The summed E-state index contributed by atoms with van der Waals surface area (Å²) in [5.41, 5.74) is 2.46. The first kappa shape index (κ1) is 16.9. The molecule has 1 aromatic heterocycles. The molecule has 0 aliphatic heterocycles. The first-order valence-corrected chi connectivity index (χ1v) is 7.39. The van der Waals surface area contributed by atoms with Gasteiger partial charge in [0.05, 0.1) is 32.4 Å². The molecule has 0 saturated carbocycles. The average Bonchev–Trinajstić information content (AvgIpc) is 2.85. The molecule has 6 heteroatoms. The third-order valence-corrected chi connectivity index (χ3v) is 3.80. The van der Waals surface area contributed by atoms with Gasteiger partial charge in [0.25, 0.3) is 0 Å². The number of aromatic nitrogens is 1. The van der Waals surface area contributed by atoms with Gasteiger partial charge in [0.1, 0.15) is 17.3 Å². The molecule has 23 heavy (non-hydrogen) atoms. The zero-order valence-corrected chi connectivity index (χ0v) is 14.1. The third-order valence-electron chi connectivity index (χ3n) is 3.80. The topological polar surface area (TPSA) is 73.6 Å². The van der Waals surface area contributed by atoms with Crippen molar-refractivity contribution in [1.82, 2.24) is 10.5 Å². The Bertz CT molecular complexity index is 674. The zero-order valence-electron chi connectivity index (χ0n) is 14.1. The highest BCUT2D eigenvalue weighted by Gasteiger charge is 2.18. The van der Waals surface area contributed by atoms with E-state index in [1.165, 1.54) is 0 Å². The van der Waals surface area contributed by atoms with E-state index in [-0.39, 0.29) is 18.4 Å². The molecule has 0 aliphatic rings. The summed E-state index contributed by atoms with van der Waals surface area (Å²) in [4.78, 5) is 12.3. The van der Waals surface area contributed by atoms with Crippen LogP contribution in [0.25, 0.3) is 0 Å². The molecule has 0 saturated heterocycles. The minimum absolute atomic E-state index is 0.0928. The summed E-state index contributed by atoms with van der Waals surface area (Å²) < 4.78 is 15.6. The Labute approximate surface area is 135 Å². The van der Waals surface area contributed by atoms with Gasteiger partial charge in [-0.25, -0.2) is 0 Å². The molecule has 0 fully saturated rings. The molecule has 2 aromatic rings. The second-order valence-corrected chi connectivity index (χ2v) is 5.38. The summed E-state index contributed by atoms with van der Waals surface area (Å²) in [7, 11) is 3.19. The van der Waals surface area contributed by atoms with Gasteiger partial charge in [0, 0.05) is 17.2 Å². The van der Waals surface area contributed by atoms with Crippen LogP contribution in [-0.2, 0) is 11.2 Å². The van der Waals surface area contributed by atoms with Crippen molar-refractivity contribution in [2.45, 2.75) is 33.2 Å². The van der Waals surface area contributed by atoms with E-state index in [4.69, 9.17) is 14.0 Å². The molecule has 2 rings (SSSR count). The first-order valence-electron chi connectivity index (χ1n) is 7.39. The van der Waals surface area contributed by atoms with Crippen molar-refractivity contribution in [1.29, 1.82) is 0 Å². The van der Waals surface area contributed by atoms with Crippen molar-refractivity contribution in [3.05, 3.63) is 40.8 Å². The van der Waals surface area contributed by atoms with Gasteiger partial charge in [-0.05, 0) is 32.9 Å². The van der Waals surface area contributed by atoms with E-state index >= 15 is 0 Å². The molecule has 1 N–H and O–H groups in total. The van der Waals surface area contributed by atoms with Gasteiger partial charge in [-0.15, -0.1) is 0 Å². The Morgan fingerprint density at radius 1 is 1.30 bits per heavy atom. The van der Waals surface area contributed by atoms with Crippen LogP contribution >= 0.6 is 0 Å². The van der Waals surface area contributed by atoms with Crippen molar-refractivity contribution in [2.24, 2.45) is 0 Å². The number of methoxy groups -OCH3 is 2. The minimum Gasteiger partial charge on any atom is -0.497 e. The largest absolute Gasteiger partial charge is 0.497 e. The number of ether oxygens (including phenoxy) is 2. The summed E-state index contributed by atoms with van der Waals surface area (Å²) in [6.45, 7) is 5.54. The Kier molecular flexibility index (Phi) is 5.26. The van der Waals surface area contributed by atoms with E-state index in [9.17, 15) is 4.79 Å².